The zero-order valence-electron chi connectivity index (χ0n) is 11.9. The predicted octanol–water partition coefficient (Wildman–Crippen LogP) is 4.57. The lowest BCUT2D eigenvalue weighted by molar-refractivity contribution is -0.384. The highest BCUT2D eigenvalue weighted by atomic mass is 19.4. The van der Waals surface area contributed by atoms with Gasteiger partial charge in [-0.2, -0.15) is 13.2 Å². The van der Waals surface area contributed by atoms with Crippen LogP contribution < -0.4 is 0 Å². The van der Waals surface area contributed by atoms with Crippen molar-refractivity contribution in [1.29, 1.82) is 0 Å². The van der Waals surface area contributed by atoms with Gasteiger partial charge in [-0.3, -0.25) is 14.9 Å². The van der Waals surface area contributed by atoms with Crippen molar-refractivity contribution in [2.24, 2.45) is 0 Å². The molecule has 0 amide bonds. The average Bonchev–Trinajstić information content (AvgIpc) is 2.91. The quantitative estimate of drug-likeness (QED) is 0.433. The SMILES string of the molecule is O=Cc1c(-c2ccc(C(F)(F)F)cc2)[nH]c2ccc([N+](=O)[O-])cc12. The summed E-state index contributed by atoms with van der Waals surface area (Å²) in [5.74, 6) is 0. The van der Waals surface area contributed by atoms with E-state index in [-0.39, 0.29) is 11.3 Å². The van der Waals surface area contributed by atoms with Crippen LogP contribution in [-0.2, 0) is 6.18 Å². The summed E-state index contributed by atoms with van der Waals surface area (Å²) in [6, 6.07) is 8.31. The van der Waals surface area contributed by atoms with Crippen molar-refractivity contribution < 1.29 is 22.9 Å². The predicted molar refractivity (Wildman–Crippen MR) is 80.8 cm³/mol. The number of nitro benzene ring substituents is 1. The number of H-pyrrole nitrogens is 1. The Bertz CT molecular complexity index is 944. The number of nitrogens with one attached hydrogen (secondary N) is 1. The molecule has 5 nitrogen and oxygen atoms in total. The molecule has 24 heavy (non-hydrogen) atoms. The molecule has 0 aliphatic carbocycles. The van der Waals surface area contributed by atoms with Crippen LogP contribution in [0.2, 0.25) is 0 Å². The first-order chi connectivity index (χ1) is 11.3. The summed E-state index contributed by atoms with van der Waals surface area (Å²) in [7, 11) is 0. The number of non-ortho nitro benzene ring substituents is 1. The van der Waals surface area contributed by atoms with E-state index in [1.165, 1.54) is 30.3 Å². The Morgan fingerprint density at radius 3 is 2.29 bits per heavy atom. The average molecular weight is 334 g/mol. The molecule has 0 fully saturated rings. The largest absolute Gasteiger partial charge is 0.416 e. The molecular weight excluding hydrogens is 325 g/mol. The third kappa shape index (κ3) is 2.62. The van der Waals surface area contributed by atoms with Gasteiger partial charge in [-0.1, -0.05) is 12.1 Å². The maximum absolute atomic E-state index is 12.6. The number of alkyl halides is 3. The number of carbonyl (C=O) groups is 1. The van der Waals surface area contributed by atoms with E-state index in [9.17, 15) is 28.1 Å². The summed E-state index contributed by atoms with van der Waals surface area (Å²) < 4.78 is 37.9. The summed E-state index contributed by atoms with van der Waals surface area (Å²) in [5.41, 5.74) is 0.360. The summed E-state index contributed by atoms with van der Waals surface area (Å²) in [6.45, 7) is 0. The minimum Gasteiger partial charge on any atom is -0.354 e. The molecule has 1 heterocycles. The third-order valence-electron chi connectivity index (χ3n) is 3.65. The highest BCUT2D eigenvalue weighted by molar-refractivity contribution is 6.05. The Labute approximate surface area is 132 Å². The second-order valence-electron chi connectivity index (χ2n) is 5.09. The van der Waals surface area contributed by atoms with Crippen LogP contribution in [0.25, 0.3) is 22.2 Å². The van der Waals surface area contributed by atoms with Crippen molar-refractivity contribution in [3.05, 3.63) is 63.7 Å². The number of nitro groups is 1. The minimum absolute atomic E-state index is 0.161. The lowest BCUT2D eigenvalue weighted by atomic mass is 10.0. The molecule has 122 valence electrons. The highest BCUT2D eigenvalue weighted by Gasteiger charge is 2.30. The molecule has 0 spiro atoms. The second kappa shape index (κ2) is 5.48. The van der Waals surface area contributed by atoms with Crippen molar-refractivity contribution in [2.75, 3.05) is 0 Å². The first-order valence-corrected chi connectivity index (χ1v) is 6.74. The van der Waals surface area contributed by atoms with Gasteiger partial charge in [0.25, 0.3) is 5.69 Å². The summed E-state index contributed by atoms with van der Waals surface area (Å²) in [5, 5.41) is 11.2. The van der Waals surface area contributed by atoms with Gasteiger partial charge in [0, 0.05) is 28.6 Å². The van der Waals surface area contributed by atoms with E-state index >= 15 is 0 Å². The number of aromatic nitrogens is 1. The van der Waals surface area contributed by atoms with Gasteiger partial charge < -0.3 is 4.98 Å². The van der Waals surface area contributed by atoms with E-state index in [1.54, 1.807) is 0 Å². The van der Waals surface area contributed by atoms with E-state index in [4.69, 9.17) is 0 Å². The molecule has 0 saturated carbocycles. The molecule has 0 radical (unpaired) electrons. The topological polar surface area (TPSA) is 76.0 Å². The molecule has 0 aliphatic heterocycles. The zero-order valence-corrected chi connectivity index (χ0v) is 11.9. The van der Waals surface area contributed by atoms with Crippen LogP contribution in [0.5, 0.6) is 0 Å². The normalized spacial score (nSPS) is 11.6. The molecule has 0 saturated heterocycles. The molecule has 0 unspecified atom stereocenters. The number of carbonyl (C=O) groups excluding carboxylic acids is 1. The van der Waals surface area contributed by atoms with Crippen LogP contribution >= 0.6 is 0 Å². The number of fused-ring (bicyclic) bond motifs is 1. The van der Waals surface area contributed by atoms with E-state index in [1.807, 2.05) is 0 Å². The van der Waals surface area contributed by atoms with Crippen molar-refractivity contribution in [1.82, 2.24) is 4.98 Å². The number of nitrogens with zero attached hydrogens (tertiary/aromatic N) is 1. The first-order valence-electron chi connectivity index (χ1n) is 6.74. The minimum atomic E-state index is -4.45. The number of aldehydes is 1. The molecule has 3 rings (SSSR count). The fraction of sp³-hybridized carbons (Fsp3) is 0.0625. The number of hydrogen-bond donors (Lipinski definition) is 1. The molecule has 1 aromatic heterocycles. The molecule has 2 aromatic carbocycles. The van der Waals surface area contributed by atoms with Crippen molar-refractivity contribution >= 4 is 22.9 Å². The molecule has 8 heteroatoms. The van der Waals surface area contributed by atoms with E-state index in [0.717, 1.165) is 12.1 Å². The lowest BCUT2D eigenvalue weighted by Gasteiger charge is -2.07. The Hall–Kier alpha value is -3.16. The number of halogens is 3. The van der Waals surface area contributed by atoms with Gasteiger partial charge in [0.05, 0.1) is 16.2 Å². The van der Waals surface area contributed by atoms with E-state index in [2.05, 4.69) is 4.98 Å². The van der Waals surface area contributed by atoms with Crippen molar-refractivity contribution in [2.45, 2.75) is 6.18 Å². The Kier molecular flexibility index (Phi) is 3.59. The smallest absolute Gasteiger partial charge is 0.354 e. The number of hydrogen-bond acceptors (Lipinski definition) is 3. The lowest BCUT2D eigenvalue weighted by Crippen LogP contribution is -2.04. The Balaban J connectivity index is 2.15. The van der Waals surface area contributed by atoms with Crippen LogP contribution in [0.15, 0.2) is 42.5 Å². The third-order valence-corrected chi connectivity index (χ3v) is 3.65. The van der Waals surface area contributed by atoms with Gasteiger partial charge in [-0.25, -0.2) is 0 Å². The Morgan fingerprint density at radius 2 is 1.75 bits per heavy atom. The van der Waals surface area contributed by atoms with Crippen molar-refractivity contribution in [3.63, 3.8) is 0 Å². The van der Waals surface area contributed by atoms with Gasteiger partial charge in [-0.15, -0.1) is 0 Å². The van der Waals surface area contributed by atoms with Gasteiger partial charge in [-0.05, 0) is 23.8 Å². The molecule has 0 atom stereocenters. The molecular formula is C16H9F3N2O3. The van der Waals surface area contributed by atoms with Crippen LogP contribution in [0, 0.1) is 10.1 Å². The molecule has 3 aromatic rings. The summed E-state index contributed by atoms with van der Waals surface area (Å²) in [6.07, 6.45) is -3.93. The maximum Gasteiger partial charge on any atom is 0.416 e. The monoisotopic (exact) mass is 334 g/mol. The van der Waals surface area contributed by atoms with Crippen LogP contribution in [-0.4, -0.2) is 16.2 Å². The van der Waals surface area contributed by atoms with Gasteiger partial charge >= 0.3 is 6.18 Å². The number of aromatic amines is 1. The molecule has 1 N–H and O–H groups in total. The van der Waals surface area contributed by atoms with E-state index in [0.29, 0.717) is 28.4 Å². The number of rotatable bonds is 3. The van der Waals surface area contributed by atoms with Gasteiger partial charge in [0.2, 0.25) is 0 Å². The van der Waals surface area contributed by atoms with Crippen molar-refractivity contribution in [3.8, 4) is 11.3 Å². The second-order valence-corrected chi connectivity index (χ2v) is 5.09. The number of benzene rings is 2. The standard InChI is InChI=1S/C16H9F3N2O3/c17-16(18,19)10-3-1-9(2-4-10)15-13(8-22)12-7-11(21(23)24)5-6-14(12)20-15/h1-8,20H. The van der Waals surface area contributed by atoms with Gasteiger partial charge in [0.15, 0.2) is 6.29 Å². The van der Waals surface area contributed by atoms with Gasteiger partial charge in [0.1, 0.15) is 0 Å². The maximum atomic E-state index is 12.6. The first kappa shape index (κ1) is 15.7. The van der Waals surface area contributed by atoms with E-state index < -0.39 is 16.7 Å². The molecule has 0 aliphatic rings. The fourth-order valence-electron chi connectivity index (χ4n) is 2.49. The molecule has 0 bridgehead atoms. The van der Waals surface area contributed by atoms with Crippen LogP contribution in [0.1, 0.15) is 15.9 Å². The highest BCUT2D eigenvalue weighted by Crippen LogP contribution is 2.34. The zero-order chi connectivity index (χ0) is 17.5. The van der Waals surface area contributed by atoms with Crippen LogP contribution in [0.4, 0.5) is 18.9 Å². The summed E-state index contributed by atoms with van der Waals surface area (Å²) >= 11 is 0. The Morgan fingerprint density at radius 1 is 1.08 bits per heavy atom. The fourth-order valence-corrected chi connectivity index (χ4v) is 2.49. The summed E-state index contributed by atoms with van der Waals surface area (Å²) in [4.78, 5) is 24.6. The van der Waals surface area contributed by atoms with Crippen LogP contribution in [0.3, 0.4) is 0 Å².